The van der Waals surface area contributed by atoms with Crippen molar-refractivity contribution in [1.82, 2.24) is 9.88 Å². The highest BCUT2D eigenvalue weighted by Crippen LogP contribution is 2.23. The van der Waals surface area contributed by atoms with Gasteiger partial charge < -0.3 is 20.1 Å². The van der Waals surface area contributed by atoms with Crippen LogP contribution in [0.5, 0.6) is 0 Å². The lowest BCUT2D eigenvalue weighted by Gasteiger charge is -2.15. The van der Waals surface area contributed by atoms with Crippen molar-refractivity contribution >= 4 is 23.3 Å². The molecule has 0 spiro atoms. The third-order valence-electron chi connectivity index (χ3n) is 4.31. The topological polar surface area (TPSA) is 109 Å². The number of nitrogens with zero attached hydrogens (tertiary/aromatic N) is 2. The van der Waals surface area contributed by atoms with Gasteiger partial charge in [-0.3, -0.25) is 14.6 Å². The number of esters is 1. The van der Waals surface area contributed by atoms with Gasteiger partial charge in [-0.2, -0.15) is 0 Å². The number of hydrogen-bond acceptors (Lipinski definition) is 7. The van der Waals surface area contributed by atoms with Gasteiger partial charge in [-0.15, -0.1) is 0 Å². The molecule has 3 rings (SSSR count). The Morgan fingerprint density at radius 2 is 1.79 bits per heavy atom. The number of ether oxygens (including phenoxy) is 1. The van der Waals surface area contributed by atoms with Crippen molar-refractivity contribution in [3.8, 4) is 0 Å². The summed E-state index contributed by atoms with van der Waals surface area (Å²) in [5.74, 6) is -1.15. The van der Waals surface area contributed by atoms with E-state index in [1.165, 1.54) is 12.0 Å². The third kappa shape index (κ3) is 3.91. The van der Waals surface area contributed by atoms with E-state index in [-0.39, 0.29) is 36.7 Å². The number of ketones is 1. The number of nitrogens with one attached hydrogen (secondary N) is 1. The molecular formula is C20H19N3O5. The molecule has 0 unspecified atom stereocenters. The maximum Gasteiger partial charge on any atom is 0.337 e. The van der Waals surface area contributed by atoms with Gasteiger partial charge in [0.1, 0.15) is 5.70 Å². The van der Waals surface area contributed by atoms with Crippen LogP contribution in [0.1, 0.15) is 15.9 Å². The molecule has 0 fully saturated rings. The molecule has 0 radical (unpaired) electrons. The maximum atomic E-state index is 12.5. The predicted molar refractivity (Wildman–Crippen MR) is 100 cm³/mol. The van der Waals surface area contributed by atoms with Gasteiger partial charge in [0, 0.05) is 35.8 Å². The highest BCUT2D eigenvalue weighted by molar-refractivity contribution is 6.10. The predicted octanol–water partition coefficient (Wildman–Crippen LogP) is 0.986. The van der Waals surface area contributed by atoms with Crippen molar-refractivity contribution in [3.05, 3.63) is 71.2 Å². The number of β-amino-alcohol motifs (C(OH)–C–C–N with tert-alkyl or cyclic N) is 1. The maximum absolute atomic E-state index is 12.5. The van der Waals surface area contributed by atoms with E-state index >= 15 is 0 Å². The summed E-state index contributed by atoms with van der Waals surface area (Å²) in [6.45, 7) is -0.0316. The lowest BCUT2D eigenvalue weighted by Crippen LogP contribution is -2.31. The Morgan fingerprint density at radius 3 is 2.39 bits per heavy atom. The molecule has 144 valence electrons. The van der Waals surface area contributed by atoms with Gasteiger partial charge in [0.05, 0.1) is 25.8 Å². The number of amides is 1. The van der Waals surface area contributed by atoms with E-state index in [0.29, 0.717) is 16.8 Å². The minimum atomic E-state index is -0.610. The number of pyridine rings is 1. The number of aliphatic hydroxyl groups is 1. The Hall–Kier alpha value is -3.52. The van der Waals surface area contributed by atoms with Crippen LogP contribution in [0.2, 0.25) is 0 Å². The molecule has 8 heteroatoms. The second-order valence-corrected chi connectivity index (χ2v) is 6.06. The Morgan fingerprint density at radius 1 is 1.14 bits per heavy atom. The number of rotatable bonds is 7. The molecule has 0 saturated heterocycles. The van der Waals surface area contributed by atoms with Gasteiger partial charge in [0.25, 0.3) is 5.91 Å². The summed E-state index contributed by atoms with van der Waals surface area (Å²) >= 11 is 0. The number of aromatic nitrogens is 1. The first-order chi connectivity index (χ1) is 13.5. The molecule has 8 nitrogen and oxygen atoms in total. The van der Waals surface area contributed by atoms with Crippen molar-refractivity contribution in [3.63, 3.8) is 0 Å². The number of carbonyl (C=O) groups excluding carboxylic acids is 3. The molecule has 1 amide bonds. The Balaban J connectivity index is 1.81. The fourth-order valence-electron chi connectivity index (χ4n) is 2.87. The molecule has 28 heavy (non-hydrogen) atoms. The van der Waals surface area contributed by atoms with Crippen LogP contribution in [-0.4, -0.2) is 59.5 Å². The lowest BCUT2D eigenvalue weighted by atomic mass is 10.0. The van der Waals surface area contributed by atoms with E-state index in [4.69, 9.17) is 9.84 Å². The van der Waals surface area contributed by atoms with Crippen LogP contribution in [0.25, 0.3) is 0 Å². The summed E-state index contributed by atoms with van der Waals surface area (Å²) in [4.78, 5) is 42.2. The first-order valence-electron chi connectivity index (χ1n) is 8.58. The highest BCUT2D eigenvalue weighted by Gasteiger charge is 2.34. The Kier molecular flexibility index (Phi) is 5.81. The molecule has 2 N–H and O–H groups in total. The van der Waals surface area contributed by atoms with Crippen molar-refractivity contribution < 1.29 is 24.2 Å². The summed E-state index contributed by atoms with van der Waals surface area (Å²) in [6, 6.07) is 9.84. The standard InChI is InChI=1S/C20H19N3O5/c1-28-20(27)16-12-23(10-11-24)19(26)17(16)22-15-4-2-13(3-5-15)18(25)14-6-8-21-9-7-14/h2-9,22,24H,10-12H2,1H3. The molecule has 1 aromatic heterocycles. The van der Waals surface area contributed by atoms with E-state index in [9.17, 15) is 14.4 Å². The normalized spacial score (nSPS) is 13.6. The summed E-state index contributed by atoms with van der Waals surface area (Å²) in [7, 11) is 1.24. The minimum Gasteiger partial charge on any atom is -0.466 e. The molecule has 0 aliphatic carbocycles. The molecular weight excluding hydrogens is 362 g/mol. The third-order valence-corrected chi connectivity index (χ3v) is 4.31. The summed E-state index contributed by atoms with van der Waals surface area (Å²) in [6.07, 6.45) is 3.10. The first-order valence-corrected chi connectivity index (χ1v) is 8.58. The van der Waals surface area contributed by atoms with Crippen LogP contribution in [0.3, 0.4) is 0 Å². The number of carbonyl (C=O) groups is 3. The fraction of sp³-hybridized carbons (Fsp3) is 0.200. The van der Waals surface area contributed by atoms with Crippen LogP contribution in [0.4, 0.5) is 5.69 Å². The lowest BCUT2D eigenvalue weighted by molar-refractivity contribution is -0.136. The van der Waals surface area contributed by atoms with Crippen LogP contribution < -0.4 is 5.32 Å². The second-order valence-electron chi connectivity index (χ2n) is 6.06. The average Bonchev–Trinajstić information content (AvgIpc) is 3.04. The second kappa shape index (κ2) is 8.45. The molecule has 0 atom stereocenters. The zero-order valence-corrected chi connectivity index (χ0v) is 15.2. The van der Waals surface area contributed by atoms with Gasteiger partial charge in [0.2, 0.25) is 0 Å². The number of benzene rings is 1. The molecule has 2 aromatic rings. The Bertz CT molecular complexity index is 923. The van der Waals surface area contributed by atoms with Crippen LogP contribution in [0.15, 0.2) is 60.1 Å². The van der Waals surface area contributed by atoms with Crippen LogP contribution in [-0.2, 0) is 14.3 Å². The van der Waals surface area contributed by atoms with Gasteiger partial charge in [-0.05, 0) is 36.4 Å². The highest BCUT2D eigenvalue weighted by atomic mass is 16.5. The molecule has 1 aliphatic heterocycles. The molecule has 0 bridgehead atoms. The van der Waals surface area contributed by atoms with Crippen molar-refractivity contribution in [2.24, 2.45) is 0 Å². The minimum absolute atomic E-state index is 0.0625. The zero-order valence-electron chi connectivity index (χ0n) is 15.2. The molecule has 2 heterocycles. The number of hydrogen-bond donors (Lipinski definition) is 2. The van der Waals surface area contributed by atoms with Gasteiger partial charge in [0.15, 0.2) is 5.78 Å². The van der Waals surface area contributed by atoms with Crippen molar-refractivity contribution in [1.29, 1.82) is 0 Å². The van der Waals surface area contributed by atoms with E-state index in [1.807, 2.05) is 0 Å². The molecule has 1 aromatic carbocycles. The number of anilines is 1. The van der Waals surface area contributed by atoms with Gasteiger partial charge in [-0.25, -0.2) is 4.79 Å². The Labute approximate surface area is 161 Å². The summed E-state index contributed by atoms with van der Waals surface area (Å²) in [5.41, 5.74) is 1.85. The van der Waals surface area contributed by atoms with E-state index < -0.39 is 11.9 Å². The molecule has 1 aliphatic rings. The smallest absolute Gasteiger partial charge is 0.337 e. The van der Waals surface area contributed by atoms with Crippen LogP contribution >= 0.6 is 0 Å². The van der Waals surface area contributed by atoms with E-state index in [0.717, 1.165) is 0 Å². The fourth-order valence-corrected chi connectivity index (χ4v) is 2.87. The SMILES string of the molecule is COC(=O)C1=C(Nc2ccc(C(=O)c3ccncc3)cc2)C(=O)N(CCO)C1. The first kappa shape index (κ1) is 19.2. The summed E-state index contributed by atoms with van der Waals surface area (Å²) < 4.78 is 4.75. The van der Waals surface area contributed by atoms with E-state index in [2.05, 4.69) is 10.3 Å². The van der Waals surface area contributed by atoms with Crippen molar-refractivity contribution in [2.75, 3.05) is 32.1 Å². The van der Waals surface area contributed by atoms with Crippen molar-refractivity contribution in [2.45, 2.75) is 0 Å². The van der Waals surface area contributed by atoms with Gasteiger partial charge >= 0.3 is 5.97 Å². The molecule has 0 saturated carbocycles. The average molecular weight is 381 g/mol. The quantitative estimate of drug-likeness (QED) is 0.544. The van der Waals surface area contributed by atoms with E-state index in [1.54, 1.807) is 48.8 Å². The number of aliphatic hydroxyl groups excluding tert-OH is 1. The van der Waals surface area contributed by atoms with Gasteiger partial charge in [-0.1, -0.05) is 0 Å². The zero-order chi connectivity index (χ0) is 20.1. The largest absolute Gasteiger partial charge is 0.466 e. The summed E-state index contributed by atoms with van der Waals surface area (Å²) in [5, 5.41) is 12.0. The monoisotopic (exact) mass is 381 g/mol. The number of methoxy groups -OCH3 is 1. The van der Waals surface area contributed by atoms with Crippen LogP contribution in [0, 0.1) is 0 Å².